The van der Waals surface area contributed by atoms with Gasteiger partial charge in [-0.2, -0.15) is 0 Å². The summed E-state index contributed by atoms with van der Waals surface area (Å²) in [5.41, 5.74) is 0. The van der Waals surface area contributed by atoms with Gasteiger partial charge in [0.05, 0.1) is 0 Å². The summed E-state index contributed by atoms with van der Waals surface area (Å²) in [5, 5.41) is 0. The van der Waals surface area contributed by atoms with Crippen LogP contribution in [-0.2, 0) is 40.5 Å². The van der Waals surface area contributed by atoms with E-state index in [0.29, 0.717) is 0 Å². The van der Waals surface area contributed by atoms with Gasteiger partial charge in [0, 0.05) is 40.5 Å². The summed E-state index contributed by atoms with van der Waals surface area (Å²) in [6.45, 7) is 0. The molecule has 0 saturated carbocycles. The van der Waals surface area contributed by atoms with Crippen LogP contribution in [0, 0.1) is 0 Å². The summed E-state index contributed by atoms with van der Waals surface area (Å²) >= 11 is 0. The normalized spacial score (nSPS) is 0. The first-order valence-electron chi connectivity index (χ1n) is 0. The molecule has 0 atom stereocenters. The zero-order valence-corrected chi connectivity index (χ0v) is 11.2. The van der Waals surface area contributed by atoms with Crippen LogP contribution >= 0.6 is 0 Å². The van der Waals surface area contributed by atoms with E-state index in [9.17, 15) is 0 Å². The maximum absolute atomic E-state index is 0. The summed E-state index contributed by atoms with van der Waals surface area (Å²) < 4.78 is 0. The van der Waals surface area contributed by atoms with Gasteiger partial charge in [-0.05, 0) is 11.0 Å². The van der Waals surface area contributed by atoms with Crippen LogP contribution in [0.1, 0.15) is 2.85 Å². The van der Waals surface area contributed by atoms with Crippen molar-refractivity contribution in [3.63, 3.8) is 0 Å². The molecule has 0 aliphatic rings. The third kappa shape index (κ3) is 19.9. The number of hydrogen-bond donors (Lipinski definition) is 0. The molecule has 0 amide bonds. The molecule has 0 aliphatic heterocycles. The van der Waals surface area contributed by atoms with Gasteiger partial charge >= 0.3 is 23.1 Å². The van der Waals surface area contributed by atoms with Crippen LogP contribution in [0.3, 0.4) is 0 Å². The first kappa shape index (κ1) is 45.6. The molecule has 0 fully saturated rings. The third-order valence-electron chi connectivity index (χ3n) is 0. The van der Waals surface area contributed by atoms with Gasteiger partial charge in [0.25, 0.3) is 0 Å². The third-order valence-corrected chi connectivity index (χ3v) is 0. The average Bonchev–Trinajstić information content (AvgIpc) is 0. The van der Waals surface area contributed by atoms with Crippen molar-refractivity contribution in [2.45, 2.75) is 0 Å². The second-order valence-corrected chi connectivity index (χ2v) is 0. The summed E-state index contributed by atoms with van der Waals surface area (Å²) in [4.78, 5) is 0. The van der Waals surface area contributed by atoms with Gasteiger partial charge in [0.2, 0.25) is 0 Å². The Morgan fingerprint density at radius 3 is 1.20 bits per heavy atom. The zero-order valence-electron chi connectivity index (χ0n) is 4.82. The molecule has 0 saturated heterocycles. The van der Waals surface area contributed by atoms with Gasteiger partial charge < -0.3 is 2.85 Å². The fourth-order valence-electron chi connectivity index (χ4n) is 0. The molecule has 5 heavy (non-hydrogen) atoms. The van der Waals surface area contributed by atoms with Crippen molar-refractivity contribution in [1.29, 1.82) is 0 Å². The minimum atomic E-state index is 0. The van der Waals surface area contributed by atoms with Gasteiger partial charge in [0.15, 0.2) is 17.4 Å². The van der Waals surface area contributed by atoms with E-state index in [1.807, 2.05) is 0 Å². The van der Waals surface area contributed by atoms with Crippen LogP contribution in [0.2, 0.25) is 0 Å². The molecule has 5 heteroatoms. The van der Waals surface area contributed by atoms with Crippen LogP contribution in [-0.4, -0.2) is 51.4 Å². The Labute approximate surface area is 93.5 Å². The van der Waals surface area contributed by atoms with E-state index >= 15 is 0 Å². The van der Waals surface area contributed by atoms with Crippen molar-refractivity contribution < 1.29 is 43.4 Å². The molecule has 25 valence electrons. The molecule has 0 rings (SSSR count). The van der Waals surface area contributed by atoms with E-state index < -0.39 is 0 Å². The predicted octanol–water partition coefficient (Wildman–Crippen LogP) is -2.53. The molecule has 0 nitrogen and oxygen atoms in total. The molecular formula is H8AlMgMoSiZn. The molecule has 0 aromatic rings. The maximum atomic E-state index is 0. The summed E-state index contributed by atoms with van der Waals surface area (Å²) in [7, 11) is 0. The van der Waals surface area contributed by atoms with Crippen molar-refractivity contribution in [1.82, 2.24) is 0 Å². The van der Waals surface area contributed by atoms with Crippen LogP contribution in [0.25, 0.3) is 0 Å². The Hall–Kier alpha value is 2.83. The second-order valence-electron chi connectivity index (χ2n) is 0. The van der Waals surface area contributed by atoms with E-state index in [1.165, 1.54) is 0 Å². The SMILES string of the molecule is [AlH3].[H-].[H-].[Mg+2].[Mo].[SiH3].[Zn]. The van der Waals surface area contributed by atoms with Crippen LogP contribution < -0.4 is 0 Å². The van der Waals surface area contributed by atoms with Crippen molar-refractivity contribution in [2.75, 3.05) is 0 Å². The minimum absolute atomic E-state index is 0. The summed E-state index contributed by atoms with van der Waals surface area (Å²) in [6.07, 6.45) is 0. The molecule has 0 aromatic heterocycles. The van der Waals surface area contributed by atoms with E-state index in [0.717, 1.165) is 0 Å². The number of hydrogen-bond acceptors (Lipinski definition) is 0. The fourth-order valence-corrected chi connectivity index (χ4v) is 0. The van der Waals surface area contributed by atoms with Gasteiger partial charge in [0.1, 0.15) is 0 Å². The first-order valence-corrected chi connectivity index (χ1v) is 0. The fraction of sp³-hybridized carbons (Fsp3) is 0. The van der Waals surface area contributed by atoms with Gasteiger partial charge in [-0.3, -0.25) is 0 Å². The molecule has 0 spiro atoms. The van der Waals surface area contributed by atoms with Crippen LogP contribution in [0.4, 0.5) is 0 Å². The smallest absolute Gasteiger partial charge is 1.00 e. The maximum Gasteiger partial charge on any atom is 2.00 e. The second kappa shape index (κ2) is 29.0. The number of rotatable bonds is 0. The van der Waals surface area contributed by atoms with Gasteiger partial charge in [-0.25, -0.2) is 0 Å². The van der Waals surface area contributed by atoms with Crippen molar-refractivity contribution in [2.24, 2.45) is 0 Å². The molecule has 1 radical (unpaired) electrons. The van der Waals surface area contributed by atoms with E-state index in [1.54, 1.807) is 0 Å². The first-order chi connectivity index (χ1) is 0. The topological polar surface area (TPSA) is 0 Å². The molecule has 0 N–H and O–H groups in total. The molecule has 0 aromatic carbocycles. The largest absolute Gasteiger partial charge is 2.00 e. The molecule has 0 unspecified atom stereocenters. The molecule has 0 aliphatic carbocycles. The standard InChI is InChI=1S/Al.Mg.Mo.H3Si.Zn.5H/h;;;1H3;;;;;;/q;+2;;;;;;;2*-1. The molecular weight excluding hydrogens is 241 g/mol. The van der Waals surface area contributed by atoms with Crippen molar-refractivity contribution >= 4 is 51.4 Å². The minimum Gasteiger partial charge on any atom is -1.00 e. The van der Waals surface area contributed by atoms with Crippen LogP contribution in [0.5, 0.6) is 0 Å². The van der Waals surface area contributed by atoms with E-state index in [2.05, 4.69) is 0 Å². The Morgan fingerprint density at radius 2 is 1.20 bits per heavy atom. The van der Waals surface area contributed by atoms with Gasteiger partial charge in [-0.15, -0.1) is 0 Å². The Bertz CT molecular complexity index is 17.7. The van der Waals surface area contributed by atoms with E-state index in [-0.39, 0.29) is 94.8 Å². The van der Waals surface area contributed by atoms with Crippen molar-refractivity contribution in [3.8, 4) is 0 Å². The zero-order chi connectivity index (χ0) is 0. The monoisotopic (exact) mass is 249 g/mol. The molecule has 0 bridgehead atoms. The Morgan fingerprint density at radius 1 is 1.20 bits per heavy atom. The predicted molar refractivity (Wildman–Crippen MR) is 27.9 cm³/mol. The summed E-state index contributed by atoms with van der Waals surface area (Å²) in [6, 6.07) is 0. The molecule has 0 heterocycles. The van der Waals surface area contributed by atoms with E-state index in [4.69, 9.17) is 0 Å². The van der Waals surface area contributed by atoms with Gasteiger partial charge in [-0.1, -0.05) is 0 Å². The average molecular weight is 249 g/mol. The van der Waals surface area contributed by atoms with Crippen LogP contribution in [0.15, 0.2) is 0 Å². The Balaban J connectivity index is 0. The van der Waals surface area contributed by atoms with Crippen molar-refractivity contribution in [3.05, 3.63) is 0 Å². The quantitative estimate of drug-likeness (QED) is 0.415. The summed E-state index contributed by atoms with van der Waals surface area (Å²) in [5.74, 6) is 0. The Kier molecular flexibility index (Phi) is 265.